The second-order valence-corrected chi connectivity index (χ2v) is 7.46. The van der Waals surface area contributed by atoms with Gasteiger partial charge in [0, 0.05) is 38.3 Å². The molecule has 1 aromatic rings. The molecule has 3 atom stereocenters. The van der Waals surface area contributed by atoms with Crippen LogP contribution in [0.25, 0.3) is 0 Å². The van der Waals surface area contributed by atoms with Crippen molar-refractivity contribution < 1.29 is 9.59 Å². The van der Waals surface area contributed by atoms with Gasteiger partial charge in [-0.25, -0.2) is 0 Å². The Labute approximate surface area is 142 Å². The van der Waals surface area contributed by atoms with Crippen LogP contribution in [0.1, 0.15) is 36.2 Å². The van der Waals surface area contributed by atoms with Crippen LogP contribution in [-0.2, 0) is 11.8 Å². The van der Waals surface area contributed by atoms with Crippen molar-refractivity contribution in [3.05, 3.63) is 36.2 Å². The van der Waals surface area contributed by atoms with Crippen molar-refractivity contribution in [3.63, 3.8) is 0 Å². The Morgan fingerprint density at radius 2 is 1.96 bits per heavy atom. The lowest BCUT2D eigenvalue weighted by Gasteiger charge is -2.35. The molecule has 1 N–H and O–H groups in total. The van der Waals surface area contributed by atoms with Crippen LogP contribution in [0.2, 0.25) is 0 Å². The van der Waals surface area contributed by atoms with E-state index in [1.807, 2.05) is 34.8 Å². The molecule has 2 heterocycles. The number of nitrogens with one attached hydrogen (secondary N) is 1. The first kappa shape index (κ1) is 15.5. The number of rotatable bonds is 3. The molecule has 5 heteroatoms. The molecule has 24 heavy (non-hydrogen) atoms. The summed E-state index contributed by atoms with van der Waals surface area (Å²) in [5.74, 6) is 1.61. The quantitative estimate of drug-likeness (QED) is 0.863. The Morgan fingerprint density at radius 1 is 1.17 bits per heavy atom. The summed E-state index contributed by atoms with van der Waals surface area (Å²) in [5, 5.41) is 3.11. The van der Waals surface area contributed by atoms with Crippen LogP contribution in [0.15, 0.2) is 30.5 Å². The Balaban J connectivity index is 1.29. The largest absolute Gasteiger partial charge is 0.348 e. The van der Waals surface area contributed by atoms with Crippen LogP contribution in [0, 0.1) is 17.8 Å². The first-order valence-corrected chi connectivity index (χ1v) is 9.01. The first-order chi connectivity index (χ1) is 11.6. The number of likely N-dealkylation sites (tertiary alicyclic amines) is 1. The van der Waals surface area contributed by atoms with Crippen molar-refractivity contribution in [1.29, 1.82) is 0 Å². The third-order valence-corrected chi connectivity index (χ3v) is 5.91. The number of nitrogens with zero attached hydrogens (tertiary/aromatic N) is 2. The summed E-state index contributed by atoms with van der Waals surface area (Å²) in [7, 11) is 1.87. The molecule has 2 amide bonds. The number of hydrogen-bond donors (Lipinski definition) is 1. The molecule has 1 aliphatic heterocycles. The van der Waals surface area contributed by atoms with E-state index in [0.717, 1.165) is 32.4 Å². The van der Waals surface area contributed by atoms with Crippen molar-refractivity contribution in [1.82, 2.24) is 14.8 Å². The van der Waals surface area contributed by atoms with Crippen LogP contribution in [0.3, 0.4) is 0 Å². The van der Waals surface area contributed by atoms with E-state index in [1.165, 1.54) is 6.42 Å². The van der Waals surface area contributed by atoms with E-state index >= 15 is 0 Å². The second-order valence-electron chi connectivity index (χ2n) is 7.46. The van der Waals surface area contributed by atoms with Gasteiger partial charge in [-0.05, 0) is 49.7 Å². The fraction of sp³-hybridized carbons (Fsp3) is 0.579. The average Bonchev–Trinajstić information content (AvgIpc) is 3.31. The molecule has 2 aliphatic carbocycles. The van der Waals surface area contributed by atoms with Crippen LogP contribution in [0.4, 0.5) is 0 Å². The topological polar surface area (TPSA) is 54.3 Å². The molecular formula is C19H25N3O2. The van der Waals surface area contributed by atoms with Crippen molar-refractivity contribution in [2.24, 2.45) is 24.8 Å². The van der Waals surface area contributed by atoms with E-state index < -0.39 is 0 Å². The molecule has 1 saturated heterocycles. The van der Waals surface area contributed by atoms with E-state index in [-0.39, 0.29) is 17.9 Å². The number of carbonyl (C=O) groups excluding carboxylic acids is 2. The molecule has 2 bridgehead atoms. The van der Waals surface area contributed by atoms with Crippen molar-refractivity contribution in [2.75, 3.05) is 13.1 Å². The van der Waals surface area contributed by atoms with Gasteiger partial charge in [-0.1, -0.05) is 12.2 Å². The average molecular weight is 327 g/mol. The van der Waals surface area contributed by atoms with Gasteiger partial charge in [0.25, 0.3) is 5.91 Å². The molecule has 2 fully saturated rings. The summed E-state index contributed by atoms with van der Waals surface area (Å²) < 4.78 is 1.83. The van der Waals surface area contributed by atoms with E-state index in [0.29, 0.717) is 23.4 Å². The predicted octanol–water partition coefficient (Wildman–Crippen LogP) is 1.96. The van der Waals surface area contributed by atoms with E-state index in [9.17, 15) is 9.59 Å². The minimum Gasteiger partial charge on any atom is -0.348 e. The lowest BCUT2D eigenvalue weighted by molar-refractivity contribution is -0.137. The molecule has 3 aliphatic rings. The van der Waals surface area contributed by atoms with Gasteiger partial charge in [-0.3, -0.25) is 9.59 Å². The monoisotopic (exact) mass is 327 g/mol. The third-order valence-electron chi connectivity index (χ3n) is 5.91. The number of piperidine rings is 1. The maximum atomic E-state index is 12.8. The minimum absolute atomic E-state index is 0.0227. The van der Waals surface area contributed by atoms with Gasteiger partial charge in [0.05, 0.1) is 0 Å². The smallest absolute Gasteiger partial charge is 0.268 e. The zero-order valence-corrected chi connectivity index (χ0v) is 14.1. The minimum atomic E-state index is -0.0227. The van der Waals surface area contributed by atoms with Gasteiger partial charge in [0.2, 0.25) is 5.91 Å². The highest BCUT2D eigenvalue weighted by atomic mass is 16.2. The van der Waals surface area contributed by atoms with Gasteiger partial charge < -0.3 is 14.8 Å². The molecule has 0 unspecified atom stereocenters. The Morgan fingerprint density at radius 3 is 2.54 bits per heavy atom. The fourth-order valence-corrected chi connectivity index (χ4v) is 4.50. The molecule has 0 spiro atoms. The normalized spacial score (nSPS) is 29.2. The van der Waals surface area contributed by atoms with Gasteiger partial charge in [0.15, 0.2) is 0 Å². The molecule has 0 radical (unpaired) electrons. The Kier molecular flexibility index (Phi) is 3.94. The molecular weight excluding hydrogens is 302 g/mol. The van der Waals surface area contributed by atoms with Gasteiger partial charge in [-0.15, -0.1) is 0 Å². The number of hydrogen-bond acceptors (Lipinski definition) is 2. The molecule has 4 rings (SSSR count). The zero-order chi connectivity index (χ0) is 16.7. The van der Waals surface area contributed by atoms with Crippen LogP contribution >= 0.6 is 0 Å². The predicted molar refractivity (Wildman–Crippen MR) is 91.3 cm³/mol. The SMILES string of the molecule is Cn1cccc1C(=O)NC1CCN(C(=O)[C@@H]2C[C@@H]3C=C[C@@H]2C3)CC1. The summed E-state index contributed by atoms with van der Waals surface area (Å²) in [4.78, 5) is 27.1. The van der Waals surface area contributed by atoms with Crippen LogP contribution in [0.5, 0.6) is 0 Å². The molecule has 0 aromatic carbocycles. The highest BCUT2D eigenvalue weighted by Crippen LogP contribution is 2.44. The Hall–Kier alpha value is -2.04. The van der Waals surface area contributed by atoms with E-state index in [2.05, 4.69) is 17.5 Å². The van der Waals surface area contributed by atoms with Crippen LogP contribution in [-0.4, -0.2) is 40.4 Å². The Bertz CT molecular complexity index is 670. The summed E-state index contributed by atoms with van der Waals surface area (Å²) in [6.45, 7) is 1.52. The number of carbonyl (C=O) groups is 2. The fourth-order valence-electron chi connectivity index (χ4n) is 4.50. The number of allylic oxidation sites excluding steroid dienone is 2. The summed E-state index contributed by atoms with van der Waals surface area (Å²) in [5.41, 5.74) is 0.683. The molecule has 5 nitrogen and oxygen atoms in total. The molecule has 128 valence electrons. The van der Waals surface area contributed by atoms with Crippen LogP contribution < -0.4 is 5.32 Å². The third kappa shape index (κ3) is 2.76. The maximum absolute atomic E-state index is 12.8. The molecule has 1 saturated carbocycles. The number of amides is 2. The van der Waals surface area contributed by atoms with Crippen molar-refractivity contribution >= 4 is 11.8 Å². The van der Waals surface area contributed by atoms with Crippen molar-refractivity contribution in [3.8, 4) is 0 Å². The van der Waals surface area contributed by atoms with E-state index in [1.54, 1.807) is 0 Å². The van der Waals surface area contributed by atoms with Gasteiger partial charge in [0.1, 0.15) is 5.69 Å². The number of fused-ring (bicyclic) bond motifs is 2. The first-order valence-electron chi connectivity index (χ1n) is 9.01. The number of aromatic nitrogens is 1. The summed E-state index contributed by atoms with van der Waals surface area (Å²) in [6.07, 6.45) is 10.3. The lowest BCUT2D eigenvalue weighted by Crippen LogP contribution is -2.48. The summed E-state index contributed by atoms with van der Waals surface area (Å²) >= 11 is 0. The van der Waals surface area contributed by atoms with Gasteiger partial charge >= 0.3 is 0 Å². The summed E-state index contributed by atoms with van der Waals surface area (Å²) in [6, 6.07) is 3.87. The maximum Gasteiger partial charge on any atom is 0.268 e. The standard InChI is InChI=1S/C19H25N3O2/c1-21-8-2-3-17(21)18(23)20-15-6-9-22(10-7-15)19(24)16-12-13-4-5-14(16)11-13/h2-5,8,13-16H,6-7,9-12H2,1H3,(H,20,23)/t13-,14-,16-/m1/s1. The van der Waals surface area contributed by atoms with Crippen molar-refractivity contribution in [2.45, 2.75) is 31.7 Å². The number of aryl methyl sites for hydroxylation is 1. The zero-order valence-electron chi connectivity index (χ0n) is 14.1. The van der Waals surface area contributed by atoms with E-state index in [4.69, 9.17) is 0 Å². The second kappa shape index (κ2) is 6.11. The highest BCUT2D eigenvalue weighted by molar-refractivity contribution is 5.92. The lowest BCUT2D eigenvalue weighted by atomic mass is 9.91. The van der Waals surface area contributed by atoms with Gasteiger partial charge in [-0.2, -0.15) is 0 Å². The highest BCUT2D eigenvalue weighted by Gasteiger charge is 2.42. The molecule has 1 aromatic heterocycles.